The second-order valence-electron chi connectivity index (χ2n) is 10.0. The summed E-state index contributed by atoms with van der Waals surface area (Å²) in [6.07, 6.45) is -3.40. The highest BCUT2D eigenvalue weighted by atomic mass is 16.6. The van der Waals surface area contributed by atoms with Gasteiger partial charge in [-0.3, -0.25) is 14.5 Å². The topological polar surface area (TPSA) is 96.3 Å². The van der Waals surface area contributed by atoms with E-state index in [-0.39, 0.29) is 19.1 Å². The van der Waals surface area contributed by atoms with Crippen molar-refractivity contribution in [3.05, 3.63) is 35.9 Å². The summed E-state index contributed by atoms with van der Waals surface area (Å²) in [5.41, 5.74) is -0.407. The van der Waals surface area contributed by atoms with Crippen molar-refractivity contribution in [2.45, 2.75) is 72.4 Å². The molecule has 1 saturated heterocycles. The van der Waals surface area contributed by atoms with Gasteiger partial charge >= 0.3 is 11.9 Å². The largest absolute Gasteiger partial charge is 0.464 e. The normalized spacial score (nSPS) is 25.6. The lowest BCUT2D eigenvalue weighted by Crippen LogP contribution is -2.63. The third kappa shape index (κ3) is 6.27. The maximum Gasteiger partial charge on any atom is 0.311 e. The Kier molecular flexibility index (Phi) is 7.66. The van der Waals surface area contributed by atoms with Crippen molar-refractivity contribution in [1.82, 2.24) is 4.90 Å². The molecule has 7 nitrogen and oxygen atoms in total. The van der Waals surface area contributed by atoms with Gasteiger partial charge < -0.3 is 19.7 Å². The van der Waals surface area contributed by atoms with Crippen LogP contribution in [-0.4, -0.2) is 64.6 Å². The standard InChI is InChI=1S/C23H35NO6/c1-22(2,3)20(27)29-14-16-18(25)19(26)17(30-21(28)23(4,5)6)13-24(16)12-15-10-8-7-9-11-15/h7-11,16-19,25-26H,12-14H2,1-6H3/t16-,17-,18-,19-/m1/s1. The monoisotopic (exact) mass is 421 g/mol. The fourth-order valence-electron chi connectivity index (χ4n) is 3.14. The van der Waals surface area contributed by atoms with Gasteiger partial charge in [0.05, 0.1) is 16.9 Å². The zero-order valence-corrected chi connectivity index (χ0v) is 18.8. The zero-order valence-electron chi connectivity index (χ0n) is 18.8. The van der Waals surface area contributed by atoms with E-state index in [1.165, 1.54) is 0 Å². The van der Waals surface area contributed by atoms with Gasteiger partial charge in [0.2, 0.25) is 0 Å². The molecule has 2 N–H and O–H groups in total. The molecular weight excluding hydrogens is 386 g/mol. The van der Waals surface area contributed by atoms with Crippen molar-refractivity contribution in [2.24, 2.45) is 10.8 Å². The van der Waals surface area contributed by atoms with E-state index in [2.05, 4.69) is 0 Å². The molecule has 4 atom stereocenters. The Morgan fingerprint density at radius 2 is 1.53 bits per heavy atom. The van der Waals surface area contributed by atoms with E-state index < -0.39 is 41.2 Å². The van der Waals surface area contributed by atoms with E-state index in [0.717, 1.165) is 5.56 Å². The molecule has 2 rings (SSSR count). The van der Waals surface area contributed by atoms with Crippen molar-refractivity contribution >= 4 is 11.9 Å². The lowest BCUT2D eigenvalue weighted by molar-refractivity contribution is -0.191. The van der Waals surface area contributed by atoms with Crippen molar-refractivity contribution in [1.29, 1.82) is 0 Å². The smallest absolute Gasteiger partial charge is 0.311 e. The molecule has 0 unspecified atom stereocenters. The Labute approximate surface area is 179 Å². The summed E-state index contributed by atoms with van der Waals surface area (Å²) < 4.78 is 11.0. The molecule has 1 heterocycles. The van der Waals surface area contributed by atoms with Crippen LogP contribution in [0, 0.1) is 10.8 Å². The van der Waals surface area contributed by atoms with Crippen LogP contribution < -0.4 is 0 Å². The summed E-state index contributed by atoms with van der Waals surface area (Å²) in [7, 11) is 0. The van der Waals surface area contributed by atoms with E-state index in [1.54, 1.807) is 41.5 Å². The predicted octanol–water partition coefficient (Wildman–Crippen LogP) is 2.14. The summed E-state index contributed by atoms with van der Waals surface area (Å²) in [6.45, 7) is 11.1. The SMILES string of the molecule is CC(C)(C)C(=O)OC[C@@H]1[C@@H](O)[C@H](O)[C@H](OC(=O)C(C)(C)C)CN1Cc1ccccc1. The van der Waals surface area contributed by atoms with Crippen LogP contribution in [0.1, 0.15) is 47.1 Å². The first-order chi connectivity index (χ1) is 13.8. The Morgan fingerprint density at radius 1 is 0.967 bits per heavy atom. The van der Waals surface area contributed by atoms with E-state index in [1.807, 2.05) is 35.2 Å². The van der Waals surface area contributed by atoms with Gasteiger partial charge in [-0.2, -0.15) is 0 Å². The quantitative estimate of drug-likeness (QED) is 0.703. The second-order valence-corrected chi connectivity index (χ2v) is 10.0. The lowest BCUT2D eigenvalue weighted by atomic mass is 9.92. The molecule has 1 aromatic carbocycles. The molecule has 1 aromatic rings. The molecule has 7 heteroatoms. The number of ether oxygens (including phenoxy) is 2. The van der Waals surface area contributed by atoms with Gasteiger partial charge in [-0.1, -0.05) is 30.3 Å². The van der Waals surface area contributed by atoms with E-state index >= 15 is 0 Å². The van der Waals surface area contributed by atoms with Crippen LogP contribution in [0.5, 0.6) is 0 Å². The van der Waals surface area contributed by atoms with Crippen LogP contribution in [0.25, 0.3) is 0 Å². The van der Waals surface area contributed by atoms with Gasteiger partial charge in [-0.25, -0.2) is 0 Å². The molecule has 1 aliphatic heterocycles. The van der Waals surface area contributed by atoms with Crippen molar-refractivity contribution in [2.75, 3.05) is 13.2 Å². The van der Waals surface area contributed by atoms with Crippen molar-refractivity contribution < 1.29 is 29.3 Å². The molecule has 1 fully saturated rings. The van der Waals surface area contributed by atoms with Gasteiger partial charge in [-0.05, 0) is 47.1 Å². The third-order valence-electron chi connectivity index (χ3n) is 5.11. The minimum absolute atomic E-state index is 0.0684. The second kappa shape index (κ2) is 9.45. The van der Waals surface area contributed by atoms with Crippen LogP contribution in [0.2, 0.25) is 0 Å². The number of benzene rings is 1. The number of aliphatic hydroxyl groups is 2. The molecule has 0 saturated carbocycles. The van der Waals surface area contributed by atoms with E-state index in [0.29, 0.717) is 6.54 Å². The summed E-state index contributed by atoms with van der Waals surface area (Å²) in [5.74, 6) is -0.832. The number of carbonyl (C=O) groups excluding carboxylic acids is 2. The molecule has 0 spiro atoms. The average molecular weight is 422 g/mol. The Hall–Kier alpha value is -1.96. The summed E-state index contributed by atoms with van der Waals surface area (Å²) in [5, 5.41) is 21.5. The first-order valence-corrected chi connectivity index (χ1v) is 10.3. The van der Waals surface area contributed by atoms with Gasteiger partial charge in [0.25, 0.3) is 0 Å². The molecule has 0 bridgehead atoms. The van der Waals surface area contributed by atoms with Crippen molar-refractivity contribution in [3.63, 3.8) is 0 Å². The van der Waals surface area contributed by atoms with Crippen LogP contribution in [-0.2, 0) is 25.6 Å². The molecular formula is C23H35NO6. The number of rotatable bonds is 5. The number of esters is 2. The molecule has 0 radical (unpaired) electrons. The van der Waals surface area contributed by atoms with E-state index in [9.17, 15) is 19.8 Å². The number of hydrogen-bond donors (Lipinski definition) is 2. The van der Waals surface area contributed by atoms with Gasteiger partial charge in [0.15, 0.2) is 0 Å². The number of likely N-dealkylation sites (tertiary alicyclic amines) is 1. The molecule has 0 aliphatic carbocycles. The highest BCUT2D eigenvalue weighted by Gasteiger charge is 2.45. The van der Waals surface area contributed by atoms with Gasteiger partial charge in [-0.15, -0.1) is 0 Å². The fraction of sp³-hybridized carbons (Fsp3) is 0.652. The van der Waals surface area contributed by atoms with Gasteiger partial charge in [0.1, 0.15) is 24.9 Å². The van der Waals surface area contributed by atoms with Crippen LogP contribution in [0.3, 0.4) is 0 Å². The number of hydrogen-bond acceptors (Lipinski definition) is 7. The molecule has 168 valence electrons. The molecule has 30 heavy (non-hydrogen) atoms. The highest BCUT2D eigenvalue weighted by Crippen LogP contribution is 2.27. The summed E-state index contributed by atoms with van der Waals surface area (Å²) in [4.78, 5) is 26.5. The first kappa shape index (κ1) is 24.3. The van der Waals surface area contributed by atoms with Crippen LogP contribution >= 0.6 is 0 Å². The summed E-state index contributed by atoms with van der Waals surface area (Å²) in [6, 6.07) is 9.01. The Morgan fingerprint density at radius 3 is 2.07 bits per heavy atom. The molecule has 0 amide bonds. The number of aliphatic hydroxyl groups excluding tert-OH is 2. The maximum absolute atomic E-state index is 12.4. The number of nitrogens with zero attached hydrogens (tertiary/aromatic N) is 1. The molecule has 1 aliphatic rings. The number of piperidine rings is 1. The highest BCUT2D eigenvalue weighted by molar-refractivity contribution is 5.76. The van der Waals surface area contributed by atoms with Crippen LogP contribution in [0.4, 0.5) is 0 Å². The zero-order chi connectivity index (χ0) is 22.7. The molecule has 0 aromatic heterocycles. The van der Waals surface area contributed by atoms with E-state index in [4.69, 9.17) is 9.47 Å². The predicted molar refractivity (Wildman–Crippen MR) is 112 cm³/mol. The minimum Gasteiger partial charge on any atom is -0.464 e. The summed E-state index contributed by atoms with van der Waals surface area (Å²) >= 11 is 0. The Bertz CT molecular complexity index is 721. The van der Waals surface area contributed by atoms with Crippen molar-refractivity contribution in [3.8, 4) is 0 Å². The first-order valence-electron chi connectivity index (χ1n) is 10.3. The van der Waals surface area contributed by atoms with Crippen LogP contribution in [0.15, 0.2) is 30.3 Å². The average Bonchev–Trinajstić information content (AvgIpc) is 2.64. The van der Waals surface area contributed by atoms with Gasteiger partial charge in [0, 0.05) is 13.1 Å². The minimum atomic E-state index is -1.28. The maximum atomic E-state index is 12.4. The number of carbonyl (C=O) groups is 2. The fourth-order valence-corrected chi connectivity index (χ4v) is 3.14. The Balaban J connectivity index is 2.21. The third-order valence-corrected chi connectivity index (χ3v) is 5.11. The lowest BCUT2D eigenvalue weighted by Gasteiger charge is -2.45.